The number of hydrogen-bond acceptors (Lipinski definition) is 4. The van der Waals surface area contributed by atoms with Crippen molar-refractivity contribution in [3.63, 3.8) is 0 Å². The van der Waals surface area contributed by atoms with Gasteiger partial charge in [0, 0.05) is 10.4 Å². The van der Waals surface area contributed by atoms with Crippen LogP contribution in [-0.2, 0) is 12.8 Å². The number of nitrogens with zero attached hydrogens (tertiary/aromatic N) is 3. The first-order chi connectivity index (χ1) is 11.6. The zero-order valence-electron chi connectivity index (χ0n) is 13.3. The normalized spacial score (nSPS) is 14.4. The van der Waals surface area contributed by atoms with Gasteiger partial charge >= 0.3 is 0 Å². The smallest absolute Gasteiger partial charge is 0.267 e. The Kier molecular flexibility index (Phi) is 3.76. The summed E-state index contributed by atoms with van der Waals surface area (Å²) >= 11 is 1.62. The largest absolute Gasteiger partial charge is 0.283 e. The molecule has 0 saturated heterocycles. The van der Waals surface area contributed by atoms with E-state index in [1.807, 2.05) is 0 Å². The molecule has 0 saturated carbocycles. The minimum atomic E-state index is -0.367. The second kappa shape index (κ2) is 5.94. The number of hydrogen-bond donors (Lipinski definition) is 0. The van der Waals surface area contributed by atoms with Gasteiger partial charge < -0.3 is 0 Å². The van der Waals surface area contributed by atoms with E-state index in [1.165, 1.54) is 28.3 Å². The van der Waals surface area contributed by atoms with Gasteiger partial charge in [-0.05, 0) is 44.2 Å². The summed E-state index contributed by atoms with van der Waals surface area (Å²) in [4.78, 5) is 19.5. The molecule has 4 nitrogen and oxygen atoms in total. The van der Waals surface area contributed by atoms with Crippen molar-refractivity contribution in [1.29, 1.82) is 0 Å². The van der Waals surface area contributed by atoms with Crippen molar-refractivity contribution >= 4 is 27.8 Å². The summed E-state index contributed by atoms with van der Waals surface area (Å²) in [6.45, 7) is 1.75. The zero-order chi connectivity index (χ0) is 16.7. The van der Waals surface area contributed by atoms with Crippen LogP contribution in [-0.4, -0.2) is 15.9 Å². The molecule has 0 bridgehead atoms. The Morgan fingerprint density at radius 1 is 1.29 bits per heavy atom. The van der Waals surface area contributed by atoms with E-state index in [0.717, 1.165) is 29.7 Å². The summed E-state index contributed by atoms with van der Waals surface area (Å²) in [6, 6.07) is 6.34. The topological polar surface area (TPSA) is 47.2 Å². The lowest BCUT2D eigenvalue weighted by Crippen LogP contribution is -2.21. The van der Waals surface area contributed by atoms with E-state index in [-0.39, 0.29) is 11.4 Å². The molecule has 1 aliphatic rings. The van der Waals surface area contributed by atoms with Crippen molar-refractivity contribution in [3.8, 4) is 0 Å². The fraction of sp³-hybridized carbons (Fsp3) is 0.278. The quantitative estimate of drug-likeness (QED) is 0.668. The average molecular weight is 341 g/mol. The van der Waals surface area contributed by atoms with Crippen LogP contribution in [0.1, 0.15) is 34.7 Å². The Morgan fingerprint density at radius 3 is 2.92 bits per heavy atom. The van der Waals surface area contributed by atoms with Crippen molar-refractivity contribution < 1.29 is 4.39 Å². The highest BCUT2D eigenvalue weighted by molar-refractivity contribution is 7.18. The highest BCUT2D eigenvalue weighted by Gasteiger charge is 2.21. The van der Waals surface area contributed by atoms with Gasteiger partial charge in [-0.1, -0.05) is 18.2 Å². The highest BCUT2D eigenvalue weighted by Crippen LogP contribution is 2.33. The van der Waals surface area contributed by atoms with Crippen molar-refractivity contribution in [2.45, 2.75) is 32.6 Å². The number of fused-ring (bicyclic) bond motifs is 3. The molecule has 24 heavy (non-hydrogen) atoms. The van der Waals surface area contributed by atoms with E-state index in [1.54, 1.807) is 36.5 Å². The molecule has 4 rings (SSSR count). The number of aromatic nitrogens is 2. The molecule has 0 radical (unpaired) electrons. The molecule has 3 aromatic rings. The number of aryl methyl sites for hydroxylation is 3. The van der Waals surface area contributed by atoms with Crippen LogP contribution in [0.4, 0.5) is 4.39 Å². The van der Waals surface area contributed by atoms with E-state index in [9.17, 15) is 9.18 Å². The first-order valence-corrected chi connectivity index (χ1v) is 8.79. The number of thiophene rings is 1. The van der Waals surface area contributed by atoms with E-state index < -0.39 is 0 Å². The SMILES string of the molecule is Cc1nc2sc3c(c2c(=O)n1/N=C\c1ccccc1F)CCCC3. The third-order valence-corrected chi connectivity index (χ3v) is 5.53. The van der Waals surface area contributed by atoms with Crippen LogP contribution >= 0.6 is 11.3 Å². The minimum Gasteiger partial charge on any atom is -0.267 e. The van der Waals surface area contributed by atoms with Gasteiger partial charge in [0.15, 0.2) is 0 Å². The van der Waals surface area contributed by atoms with Gasteiger partial charge in [-0.2, -0.15) is 9.78 Å². The summed E-state index contributed by atoms with van der Waals surface area (Å²) in [5.74, 6) is 0.146. The number of rotatable bonds is 2. The molecule has 0 N–H and O–H groups in total. The third kappa shape index (κ3) is 2.47. The van der Waals surface area contributed by atoms with E-state index in [0.29, 0.717) is 16.8 Å². The van der Waals surface area contributed by atoms with Crippen LogP contribution in [0.3, 0.4) is 0 Å². The van der Waals surface area contributed by atoms with Gasteiger partial charge in [-0.25, -0.2) is 9.37 Å². The molecule has 122 valence electrons. The zero-order valence-corrected chi connectivity index (χ0v) is 14.1. The summed E-state index contributed by atoms with van der Waals surface area (Å²) in [5, 5.41) is 4.88. The molecule has 0 spiro atoms. The fourth-order valence-corrected chi connectivity index (χ4v) is 4.43. The Bertz CT molecular complexity index is 1020. The van der Waals surface area contributed by atoms with Gasteiger partial charge in [0.2, 0.25) is 0 Å². The van der Waals surface area contributed by atoms with Crippen LogP contribution < -0.4 is 5.56 Å². The van der Waals surface area contributed by atoms with Crippen molar-refractivity contribution in [1.82, 2.24) is 9.66 Å². The van der Waals surface area contributed by atoms with Gasteiger partial charge in [0.25, 0.3) is 5.56 Å². The molecule has 1 aliphatic carbocycles. The van der Waals surface area contributed by atoms with Crippen LogP contribution in [0.15, 0.2) is 34.2 Å². The summed E-state index contributed by atoms with van der Waals surface area (Å²) in [6.07, 6.45) is 5.58. The second-order valence-corrected chi connectivity index (χ2v) is 7.02. The Hall–Kier alpha value is -2.34. The van der Waals surface area contributed by atoms with Crippen LogP contribution in [0.25, 0.3) is 10.2 Å². The maximum Gasteiger partial charge on any atom is 0.283 e. The first-order valence-electron chi connectivity index (χ1n) is 7.98. The molecular weight excluding hydrogens is 325 g/mol. The second-order valence-electron chi connectivity index (χ2n) is 5.93. The van der Waals surface area contributed by atoms with Crippen molar-refractivity contribution in [3.05, 3.63) is 62.3 Å². The van der Waals surface area contributed by atoms with Gasteiger partial charge in [0.1, 0.15) is 16.5 Å². The molecule has 0 aliphatic heterocycles. The van der Waals surface area contributed by atoms with Gasteiger partial charge in [-0.3, -0.25) is 4.79 Å². The number of benzene rings is 1. The average Bonchev–Trinajstić information content (AvgIpc) is 2.94. The molecule has 1 aromatic carbocycles. The molecular formula is C18H16FN3OS. The van der Waals surface area contributed by atoms with Gasteiger partial charge in [-0.15, -0.1) is 11.3 Å². The molecule has 2 aromatic heterocycles. The number of halogens is 1. The molecule has 0 atom stereocenters. The lowest BCUT2D eigenvalue weighted by molar-refractivity contribution is 0.625. The summed E-state index contributed by atoms with van der Waals surface area (Å²) in [5.41, 5.74) is 1.31. The van der Waals surface area contributed by atoms with Crippen molar-refractivity contribution in [2.24, 2.45) is 5.10 Å². The molecule has 0 unspecified atom stereocenters. The summed E-state index contributed by atoms with van der Waals surface area (Å²) < 4.78 is 15.0. The van der Waals surface area contributed by atoms with Crippen molar-refractivity contribution in [2.75, 3.05) is 0 Å². The highest BCUT2D eigenvalue weighted by atomic mass is 32.1. The maximum absolute atomic E-state index is 13.7. The lowest BCUT2D eigenvalue weighted by atomic mass is 9.97. The predicted molar refractivity (Wildman–Crippen MR) is 94.7 cm³/mol. The van der Waals surface area contributed by atoms with E-state index >= 15 is 0 Å². The Morgan fingerprint density at radius 2 is 2.08 bits per heavy atom. The molecule has 2 heterocycles. The van der Waals surface area contributed by atoms with Crippen LogP contribution in [0, 0.1) is 12.7 Å². The van der Waals surface area contributed by atoms with Gasteiger partial charge in [0.05, 0.1) is 11.6 Å². The monoisotopic (exact) mass is 341 g/mol. The fourth-order valence-electron chi connectivity index (χ4n) is 3.13. The predicted octanol–water partition coefficient (Wildman–Crippen LogP) is 3.67. The van der Waals surface area contributed by atoms with Crippen LogP contribution in [0.5, 0.6) is 0 Å². The van der Waals surface area contributed by atoms with E-state index in [2.05, 4.69) is 10.1 Å². The third-order valence-electron chi connectivity index (χ3n) is 4.35. The molecule has 0 fully saturated rings. The minimum absolute atomic E-state index is 0.163. The first kappa shape index (κ1) is 15.2. The Labute approximate surface area is 142 Å². The van der Waals surface area contributed by atoms with E-state index in [4.69, 9.17) is 0 Å². The van der Waals surface area contributed by atoms with Crippen LogP contribution in [0.2, 0.25) is 0 Å². The lowest BCUT2D eigenvalue weighted by Gasteiger charge is -2.10. The molecule has 0 amide bonds. The summed E-state index contributed by atoms with van der Waals surface area (Å²) in [7, 11) is 0. The standard InChI is InChI=1S/C18H16FN3OS/c1-11-21-17-16(13-7-3-5-9-15(13)24-17)18(23)22(11)20-10-12-6-2-4-8-14(12)19/h2,4,6,8,10H,3,5,7,9H2,1H3/b20-10-. The Balaban J connectivity index is 1.87. The maximum atomic E-state index is 13.7. The molecule has 6 heteroatoms.